The number of hydrogen-bond donors (Lipinski definition) is 0. The van der Waals surface area contributed by atoms with Crippen LogP contribution in [0.1, 0.15) is 164 Å². The summed E-state index contributed by atoms with van der Waals surface area (Å²) in [5, 5.41) is 0. The van der Waals surface area contributed by atoms with Crippen LogP contribution >= 0.6 is 0 Å². The summed E-state index contributed by atoms with van der Waals surface area (Å²) in [6.45, 7) is 38.2. The number of rotatable bonds is 2. The van der Waals surface area contributed by atoms with Crippen LogP contribution in [-0.4, -0.2) is 4.21 Å². The summed E-state index contributed by atoms with van der Waals surface area (Å²) in [7, 11) is 0. The number of hydrogen-bond acceptors (Lipinski definition) is 0. The monoisotopic (exact) mass is 824 g/mol. The fourth-order valence-electron chi connectivity index (χ4n) is 6.62. The van der Waals surface area contributed by atoms with Gasteiger partial charge in [-0.1, -0.05) is 177 Å². The summed E-state index contributed by atoms with van der Waals surface area (Å²) >= 11 is 1.30. The van der Waals surface area contributed by atoms with Gasteiger partial charge in [0.2, 0.25) is 0 Å². The van der Waals surface area contributed by atoms with E-state index < -0.39 is 0 Å². The van der Waals surface area contributed by atoms with Gasteiger partial charge in [0.05, 0.1) is 0 Å². The van der Waals surface area contributed by atoms with Gasteiger partial charge in [0.15, 0.2) is 0 Å². The average molecular weight is 826 g/mol. The van der Waals surface area contributed by atoms with Gasteiger partial charge >= 0.3 is 28.4 Å². The molecule has 0 saturated carbocycles. The van der Waals surface area contributed by atoms with Crippen molar-refractivity contribution in [3.8, 4) is 11.1 Å². The molecule has 2 aliphatic rings. The summed E-state index contributed by atoms with van der Waals surface area (Å²) in [4.78, 5) is 0. The van der Waals surface area contributed by atoms with Crippen molar-refractivity contribution in [1.29, 1.82) is 0 Å². The first kappa shape index (κ1) is 49.3. The summed E-state index contributed by atoms with van der Waals surface area (Å²) < 4.78 is 3.34. The number of fused-ring (bicyclic) bond motifs is 3. The fourth-order valence-corrected chi connectivity index (χ4v) is 6.62. The molecule has 2 aliphatic carbocycles. The first-order valence-electron chi connectivity index (χ1n) is 20.7. The maximum atomic E-state index is 3.57. The van der Waals surface area contributed by atoms with Crippen molar-refractivity contribution in [3.63, 3.8) is 0 Å². The molecule has 0 radical (unpaired) electrons. The molecular formula is C55H74Zr-4. The van der Waals surface area contributed by atoms with E-state index >= 15 is 0 Å². The van der Waals surface area contributed by atoms with Gasteiger partial charge in [-0.2, -0.15) is 113 Å². The number of allylic oxidation sites excluding steroid dienone is 4. The van der Waals surface area contributed by atoms with Crippen molar-refractivity contribution in [2.45, 2.75) is 159 Å². The van der Waals surface area contributed by atoms with Gasteiger partial charge < -0.3 is 0 Å². The Balaban J connectivity index is 0.000000268. The van der Waals surface area contributed by atoms with Crippen molar-refractivity contribution < 1.29 is 24.2 Å². The van der Waals surface area contributed by atoms with Gasteiger partial charge in [-0.25, -0.2) is 5.57 Å². The van der Waals surface area contributed by atoms with Crippen LogP contribution in [0.4, 0.5) is 0 Å². The average Bonchev–Trinajstić information content (AvgIpc) is 3.74. The molecule has 302 valence electrons. The zero-order valence-corrected chi connectivity index (χ0v) is 40.9. The summed E-state index contributed by atoms with van der Waals surface area (Å²) in [6, 6.07) is 37.4. The van der Waals surface area contributed by atoms with E-state index in [1.807, 2.05) is 24.3 Å². The first-order valence-corrected chi connectivity index (χ1v) is 22.4. The second kappa shape index (κ2) is 20.7. The molecule has 1 heteroatoms. The second-order valence-corrected chi connectivity index (χ2v) is 20.2. The van der Waals surface area contributed by atoms with Crippen LogP contribution in [0.5, 0.6) is 0 Å². The molecule has 56 heavy (non-hydrogen) atoms. The van der Waals surface area contributed by atoms with Gasteiger partial charge in [-0.05, 0) is 28.2 Å². The molecule has 1 atom stereocenters. The molecule has 0 N–H and O–H groups in total. The Labute approximate surface area is 361 Å². The Morgan fingerprint density at radius 2 is 1.02 bits per heavy atom. The quantitative estimate of drug-likeness (QED) is 0.156. The Hall–Kier alpha value is -2.89. The fraction of sp³-hybridized carbons (Fsp3) is 0.473. The van der Waals surface area contributed by atoms with Crippen molar-refractivity contribution in [1.82, 2.24) is 0 Å². The van der Waals surface area contributed by atoms with Crippen LogP contribution < -0.4 is 0 Å². The van der Waals surface area contributed by atoms with E-state index in [1.54, 1.807) is 0 Å². The molecule has 0 nitrogen and oxygen atoms in total. The van der Waals surface area contributed by atoms with Crippen molar-refractivity contribution in [2.75, 3.05) is 0 Å². The summed E-state index contributed by atoms with van der Waals surface area (Å²) in [6.07, 6.45) is 9.31. The molecule has 0 heterocycles. The van der Waals surface area contributed by atoms with Crippen LogP contribution in [-0.2, 0) is 52.3 Å². The van der Waals surface area contributed by atoms with Crippen molar-refractivity contribution in [3.05, 3.63) is 154 Å². The predicted molar refractivity (Wildman–Crippen MR) is 244 cm³/mol. The molecule has 6 rings (SSSR count). The molecular weight excluding hydrogens is 752 g/mol. The Morgan fingerprint density at radius 3 is 1.38 bits per heavy atom. The third-order valence-corrected chi connectivity index (χ3v) is 10.3. The minimum absolute atomic E-state index is 0.177. The van der Waals surface area contributed by atoms with Gasteiger partial charge in [-0.15, -0.1) is 5.56 Å². The molecule has 0 amide bonds. The van der Waals surface area contributed by atoms with Crippen LogP contribution in [0.2, 0.25) is 0 Å². The first-order chi connectivity index (χ1) is 25.9. The van der Waals surface area contributed by atoms with Crippen LogP contribution in [0.3, 0.4) is 0 Å². The van der Waals surface area contributed by atoms with Crippen molar-refractivity contribution >= 4 is 4.21 Å². The molecule has 4 aromatic carbocycles. The van der Waals surface area contributed by atoms with E-state index in [0.717, 1.165) is 12.8 Å². The molecule has 0 spiro atoms. The van der Waals surface area contributed by atoms with E-state index in [0.29, 0.717) is 11.3 Å². The molecule has 0 aromatic heterocycles. The van der Waals surface area contributed by atoms with Gasteiger partial charge in [0, 0.05) is 0 Å². The van der Waals surface area contributed by atoms with Gasteiger partial charge in [0.25, 0.3) is 0 Å². The summed E-state index contributed by atoms with van der Waals surface area (Å²) in [5.41, 5.74) is 15.3. The zero-order chi connectivity index (χ0) is 42.7. The minimum atomic E-state index is 0.177. The zero-order valence-electron chi connectivity index (χ0n) is 38.5. The van der Waals surface area contributed by atoms with Crippen molar-refractivity contribution in [2.24, 2.45) is 11.3 Å². The second-order valence-electron chi connectivity index (χ2n) is 20.2. The van der Waals surface area contributed by atoms with E-state index in [4.69, 9.17) is 0 Å². The standard InChI is InChI=1S/C21H25.C13H21.2C10H13.CH2.Zr/c1-20(2,3)16-9-7-14-11-15-8-10-17(21(4,5)6)13-19(15)18(14)12-16;1-6-10-8-11(7-2)12(9-10)13(3,4)5;2*1-10(2,3)9-7-5-4-6-8-9;;/h7,9-10,12-13H,11H2,1-6H3;9-10H,6-7H2,1-5H3;2*5-8H,1-3H3;1H2;/q4*-1;;. The molecule has 0 aliphatic heterocycles. The number of benzene rings is 4. The third-order valence-electron chi connectivity index (χ3n) is 10.3. The molecule has 0 fully saturated rings. The van der Waals surface area contributed by atoms with E-state index in [1.165, 1.54) is 86.3 Å². The van der Waals surface area contributed by atoms with Gasteiger partial charge in [-0.3, -0.25) is 6.08 Å². The van der Waals surface area contributed by atoms with E-state index in [9.17, 15) is 0 Å². The summed E-state index contributed by atoms with van der Waals surface area (Å²) in [5.74, 6) is 0.573. The van der Waals surface area contributed by atoms with Gasteiger partial charge in [0.1, 0.15) is 0 Å². The van der Waals surface area contributed by atoms with E-state index in [-0.39, 0.29) is 21.7 Å². The SMILES string of the molecule is CC(C)(C)c1c[c-]c2c(c1)-c1cc(C(C)(C)C)ccc1C2.CC(C)(C)c1cc[c-]cc1.CC(C)(C)c1cc[c-]cc1.CCC1=[C-]C(CC)C=C1C(C)(C)C.[CH2]=[Zr]. The molecule has 1 unspecified atom stereocenters. The maximum absolute atomic E-state index is 3.57. The van der Waals surface area contributed by atoms with Crippen LogP contribution in [0, 0.1) is 35.6 Å². The molecule has 4 aromatic rings. The Bertz CT molecular complexity index is 1740. The van der Waals surface area contributed by atoms with Crippen LogP contribution in [0.15, 0.2) is 96.1 Å². The Kier molecular flexibility index (Phi) is 18.2. The third kappa shape index (κ3) is 14.8. The molecule has 0 saturated heterocycles. The normalized spacial score (nSPS) is 14.8. The van der Waals surface area contributed by atoms with Crippen LogP contribution in [0.25, 0.3) is 11.1 Å². The predicted octanol–water partition coefficient (Wildman–Crippen LogP) is 15.3. The topological polar surface area (TPSA) is 0 Å². The Morgan fingerprint density at radius 1 is 0.571 bits per heavy atom. The van der Waals surface area contributed by atoms with E-state index in [2.05, 4.69) is 207 Å². The molecule has 0 bridgehead atoms.